The van der Waals surface area contributed by atoms with Crippen LogP contribution in [0.15, 0.2) is 0 Å². The van der Waals surface area contributed by atoms with Crippen LogP contribution in [0, 0.1) is 0 Å². The number of halogens is 2. The van der Waals surface area contributed by atoms with E-state index in [1.165, 1.54) is 24.0 Å². The summed E-state index contributed by atoms with van der Waals surface area (Å²) in [5.74, 6) is 0. The number of alkyl halides is 2. The van der Waals surface area contributed by atoms with Gasteiger partial charge in [0.05, 0.1) is 13.2 Å². The van der Waals surface area contributed by atoms with Crippen molar-refractivity contribution < 1.29 is 18.3 Å². The van der Waals surface area contributed by atoms with Gasteiger partial charge >= 0.3 is 6.17 Å². The summed E-state index contributed by atoms with van der Waals surface area (Å²) in [5.41, 5.74) is 0. The van der Waals surface area contributed by atoms with Gasteiger partial charge in [-0.05, 0) is 13.3 Å². The first-order valence-corrected chi connectivity index (χ1v) is 6.89. The second kappa shape index (κ2) is 7.47. The number of ether oxygens (including phenoxy) is 2. The Kier molecular flexibility index (Phi) is 6.59. The van der Waals surface area contributed by atoms with E-state index in [-0.39, 0.29) is 25.2 Å². The molecule has 0 aromatic carbocycles. The van der Waals surface area contributed by atoms with Crippen LogP contribution in [0.3, 0.4) is 0 Å². The highest BCUT2D eigenvalue weighted by Gasteiger charge is 2.56. The molecule has 1 heterocycles. The molecule has 0 aromatic heterocycles. The fourth-order valence-corrected chi connectivity index (χ4v) is 2.79. The molecular formula is C13H26F2N2O2. The van der Waals surface area contributed by atoms with Crippen LogP contribution < -0.4 is 0 Å². The molecule has 6 heteroatoms. The van der Waals surface area contributed by atoms with Gasteiger partial charge in [0.2, 0.25) is 0 Å². The standard InChI is InChI=1S/C13H26F2N2O2/c1-5-6-12-11(2)16(7-9-18-3)13(14,15)17(12)8-10-19-4/h11-12H,5-10H2,1-4H3. The summed E-state index contributed by atoms with van der Waals surface area (Å²) in [6.07, 6.45) is -1.26. The van der Waals surface area contributed by atoms with E-state index in [2.05, 4.69) is 0 Å². The SMILES string of the molecule is CCCC1C(C)N(CCOC)C(F)(F)N1CCOC. The maximum Gasteiger partial charge on any atom is 0.370 e. The van der Waals surface area contributed by atoms with Crippen molar-refractivity contribution in [2.45, 2.75) is 44.9 Å². The summed E-state index contributed by atoms with van der Waals surface area (Å²) in [6, 6.07) is -0.311. The Balaban J connectivity index is 2.84. The predicted octanol–water partition coefficient (Wildman–Crippen LogP) is 2.00. The summed E-state index contributed by atoms with van der Waals surface area (Å²) >= 11 is 0. The van der Waals surface area contributed by atoms with Crippen molar-refractivity contribution in [1.29, 1.82) is 0 Å². The smallest absolute Gasteiger partial charge is 0.370 e. The van der Waals surface area contributed by atoms with Crippen molar-refractivity contribution >= 4 is 0 Å². The number of hydrogen-bond acceptors (Lipinski definition) is 4. The van der Waals surface area contributed by atoms with Gasteiger partial charge in [-0.15, -0.1) is 0 Å². The van der Waals surface area contributed by atoms with E-state index in [1.54, 1.807) is 0 Å². The lowest BCUT2D eigenvalue weighted by Gasteiger charge is -2.30. The zero-order valence-electron chi connectivity index (χ0n) is 12.4. The molecule has 0 radical (unpaired) electrons. The molecule has 19 heavy (non-hydrogen) atoms. The maximum atomic E-state index is 14.5. The molecule has 0 spiro atoms. The van der Waals surface area contributed by atoms with Crippen molar-refractivity contribution in [3.05, 3.63) is 0 Å². The third-order valence-electron chi connectivity index (χ3n) is 3.80. The molecule has 0 saturated carbocycles. The third kappa shape index (κ3) is 3.62. The fraction of sp³-hybridized carbons (Fsp3) is 1.00. The molecule has 114 valence electrons. The number of methoxy groups -OCH3 is 2. The number of hydrogen-bond donors (Lipinski definition) is 0. The van der Waals surface area contributed by atoms with Gasteiger partial charge in [0, 0.05) is 39.4 Å². The Bertz CT molecular complexity index is 267. The molecular weight excluding hydrogens is 254 g/mol. The Morgan fingerprint density at radius 1 is 1.05 bits per heavy atom. The lowest BCUT2D eigenvalue weighted by molar-refractivity contribution is -0.223. The van der Waals surface area contributed by atoms with E-state index in [0.717, 1.165) is 12.8 Å². The Morgan fingerprint density at radius 2 is 1.58 bits per heavy atom. The number of rotatable bonds is 8. The van der Waals surface area contributed by atoms with Crippen LogP contribution >= 0.6 is 0 Å². The van der Waals surface area contributed by atoms with Gasteiger partial charge in [0.15, 0.2) is 0 Å². The summed E-state index contributed by atoms with van der Waals surface area (Å²) in [5, 5.41) is 0. The Labute approximate surface area is 114 Å². The second-order valence-corrected chi connectivity index (χ2v) is 4.98. The lowest BCUT2D eigenvalue weighted by Crippen LogP contribution is -2.49. The zero-order valence-corrected chi connectivity index (χ0v) is 12.4. The van der Waals surface area contributed by atoms with Crippen molar-refractivity contribution in [3.63, 3.8) is 0 Å². The molecule has 0 aliphatic carbocycles. The van der Waals surface area contributed by atoms with Crippen LogP contribution in [0.25, 0.3) is 0 Å². The Hall–Kier alpha value is -0.300. The minimum Gasteiger partial charge on any atom is -0.383 e. The molecule has 0 aromatic rings. The topological polar surface area (TPSA) is 24.9 Å². The van der Waals surface area contributed by atoms with Crippen molar-refractivity contribution in [3.8, 4) is 0 Å². The fourth-order valence-electron chi connectivity index (χ4n) is 2.79. The van der Waals surface area contributed by atoms with E-state index in [1.807, 2.05) is 13.8 Å². The quantitative estimate of drug-likeness (QED) is 0.635. The molecule has 1 rings (SSSR count). The maximum absolute atomic E-state index is 14.5. The van der Waals surface area contributed by atoms with Gasteiger partial charge in [-0.2, -0.15) is 8.78 Å². The van der Waals surface area contributed by atoms with Gasteiger partial charge in [0.1, 0.15) is 0 Å². The van der Waals surface area contributed by atoms with Crippen LogP contribution in [0.5, 0.6) is 0 Å². The van der Waals surface area contributed by atoms with E-state index in [9.17, 15) is 8.78 Å². The van der Waals surface area contributed by atoms with Crippen LogP contribution in [-0.4, -0.2) is 68.6 Å². The van der Waals surface area contributed by atoms with Gasteiger partial charge in [-0.25, -0.2) is 9.80 Å². The lowest BCUT2D eigenvalue weighted by atomic mass is 10.0. The predicted molar refractivity (Wildman–Crippen MR) is 70.3 cm³/mol. The summed E-state index contributed by atoms with van der Waals surface area (Å²) in [7, 11) is 3.07. The van der Waals surface area contributed by atoms with Crippen molar-refractivity contribution in [2.24, 2.45) is 0 Å². The minimum atomic E-state index is -2.92. The van der Waals surface area contributed by atoms with Crippen LogP contribution in [0.4, 0.5) is 8.78 Å². The van der Waals surface area contributed by atoms with Gasteiger partial charge in [-0.3, -0.25) is 0 Å². The van der Waals surface area contributed by atoms with E-state index in [4.69, 9.17) is 9.47 Å². The molecule has 1 saturated heterocycles. The minimum absolute atomic E-state index is 0.132. The van der Waals surface area contributed by atoms with E-state index in [0.29, 0.717) is 13.2 Å². The van der Waals surface area contributed by atoms with Crippen molar-refractivity contribution in [2.75, 3.05) is 40.5 Å². The third-order valence-corrected chi connectivity index (χ3v) is 3.80. The average molecular weight is 280 g/mol. The zero-order chi connectivity index (χ0) is 14.5. The normalized spacial score (nSPS) is 28.1. The van der Waals surface area contributed by atoms with E-state index < -0.39 is 6.17 Å². The highest BCUT2D eigenvalue weighted by atomic mass is 19.3. The first-order valence-electron chi connectivity index (χ1n) is 6.89. The van der Waals surface area contributed by atoms with Crippen LogP contribution in [0.2, 0.25) is 0 Å². The highest BCUT2D eigenvalue weighted by Crippen LogP contribution is 2.39. The first-order chi connectivity index (χ1) is 9.00. The van der Waals surface area contributed by atoms with Crippen molar-refractivity contribution in [1.82, 2.24) is 9.80 Å². The Morgan fingerprint density at radius 3 is 2.05 bits per heavy atom. The molecule has 0 bridgehead atoms. The van der Waals surface area contributed by atoms with Gasteiger partial charge in [0.25, 0.3) is 0 Å². The summed E-state index contributed by atoms with van der Waals surface area (Å²) in [4.78, 5) is 2.52. The molecule has 1 aliphatic heterocycles. The van der Waals surface area contributed by atoms with Gasteiger partial charge < -0.3 is 9.47 Å². The second-order valence-electron chi connectivity index (χ2n) is 4.98. The molecule has 1 fully saturated rings. The molecule has 2 atom stereocenters. The first kappa shape index (κ1) is 16.8. The van der Waals surface area contributed by atoms with Crippen LogP contribution in [-0.2, 0) is 9.47 Å². The monoisotopic (exact) mass is 280 g/mol. The molecule has 0 N–H and O–H groups in total. The molecule has 2 unspecified atom stereocenters. The average Bonchev–Trinajstić information content (AvgIpc) is 2.53. The molecule has 0 amide bonds. The highest BCUT2D eigenvalue weighted by molar-refractivity contribution is 4.95. The van der Waals surface area contributed by atoms with Crippen LogP contribution in [0.1, 0.15) is 26.7 Å². The summed E-state index contributed by atoms with van der Waals surface area (Å²) in [6.45, 7) is 5.03. The van der Waals surface area contributed by atoms with Gasteiger partial charge in [-0.1, -0.05) is 13.3 Å². The summed E-state index contributed by atoms with van der Waals surface area (Å²) < 4.78 is 38.9. The van der Waals surface area contributed by atoms with E-state index >= 15 is 0 Å². The molecule has 4 nitrogen and oxygen atoms in total. The largest absolute Gasteiger partial charge is 0.383 e. The number of nitrogens with zero attached hydrogens (tertiary/aromatic N) is 2. The molecule has 1 aliphatic rings.